The fraction of sp³-hybridized carbons (Fsp3) is 0.167. The number of hydrogen-bond donors (Lipinski definition) is 1. The molecule has 2 aromatic carbocycles. The summed E-state index contributed by atoms with van der Waals surface area (Å²) < 4.78 is 29.8. The highest BCUT2D eigenvalue weighted by atomic mass is 32.2. The number of para-hydroxylation sites is 1. The Labute approximate surface area is 156 Å². The Bertz CT molecular complexity index is 1120. The molecule has 0 saturated heterocycles. The number of aryl methyl sites for hydroxylation is 2. The first-order chi connectivity index (χ1) is 12.7. The van der Waals surface area contributed by atoms with Crippen LogP contribution >= 0.6 is 0 Å². The summed E-state index contributed by atoms with van der Waals surface area (Å²) in [5.74, 6) is 0. The molecular formula is C18H18N4O4S. The summed E-state index contributed by atoms with van der Waals surface area (Å²) >= 11 is 0. The van der Waals surface area contributed by atoms with Gasteiger partial charge in [0, 0.05) is 11.6 Å². The molecule has 8 nitrogen and oxygen atoms in total. The van der Waals surface area contributed by atoms with Crippen molar-refractivity contribution in [2.75, 3.05) is 4.72 Å². The van der Waals surface area contributed by atoms with E-state index in [9.17, 15) is 18.5 Å². The average Bonchev–Trinajstić information content (AvgIpc) is 2.92. The third kappa shape index (κ3) is 3.54. The smallest absolute Gasteiger partial charge is 0.274 e. The lowest BCUT2D eigenvalue weighted by Gasteiger charge is -2.09. The summed E-state index contributed by atoms with van der Waals surface area (Å²) in [6.45, 7) is 4.87. The van der Waals surface area contributed by atoms with Crippen LogP contribution in [0.25, 0.3) is 5.69 Å². The number of benzene rings is 2. The van der Waals surface area contributed by atoms with Crippen molar-refractivity contribution < 1.29 is 13.3 Å². The lowest BCUT2D eigenvalue weighted by molar-refractivity contribution is -0.385. The molecular weight excluding hydrogens is 368 g/mol. The highest BCUT2D eigenvalue weighted by Crippen LogP contribution is 2.27. The molecule has 3 aromatic rings. The van der Waals surface area contributed by atoms with Crippen molar-refractivity contribution in [3.05, 3.63) is 75.6 Å². The largest absolute Gasteiger partial charge is 0.279 e. The van der Waals surface area contributed by atoms with E-state index in [0.717, 1.165) is 5.69 Å². The van der Waals surface area contributed by atoms with E-state index in [-0.39, 0.29) is 16.3 Å². The fourth-order valence-electron chi connectivity index (χ4n) is 2.91. The molecule has 1 heterocycles. The van der Waals surface area contributed by atoms with Gasteiger partial charge in [-0.2, -0.15) is 5.10 Å². The summed E-state index contributed by atoms with van der Waals surface area (Å²) in [6.07, 6.45) is 0. The van der Waals surface area contributed by atoms with Gasteiger partial charge in [0.2, 0.25) is 0 Å². The molecule has 27 heavy (non-hydrogen) atoms. The first-order valence-corrected chi connectivity index (χ1v) is 9.58. The standard InChI is InChI=1S/C18H18N4O4S/c1-12-9-10-15(11-17(12)22(23)24)20-27(25,26)18-13(2)19-21(14(18)3)16-7-5-4-6-8-16/h4-11,20H,1-3H3. The lowest BCUT2D eigenvalue weighted by atomic mass is 10.2. The Morgan fingerprint density at radius 2 is 1.74 bits per heavy atom. The van der Waals surface area contributed by atoms with Crippen molar-refractivity contribution in [3.63, 3.8) is 0 Å². The van der Waals surface area contributed by atoms with E-state index in [1.54, 1.807) is 25.5 Å². The Balaban J connectivity index is 2.03. The minimum absolute atomic E-state index is 0.0505. The third-order valence-corrected chi connectivity index (χ3v) is 5.79. The van der Waals surface area contributed by atoms with Crippen molar-refractivity contribution in [2.45, 2.75) is 25.7 Å². The van der Waals surface area contributed by atoms with Crippen LogP contribution in [0.15, 0.2) is 53.4 Å². The molecule has 0 saturated carbocycles. The lowest BCUT2D eigenvalue weighted by Crippen LogP contribution is -2.15. The maximum Gasteiger partial charge on any atom is 0.274 e. The van der Waals surface area contributed by atoms with Gasteiger partial charge in [-0.3, -0.25) is 14.8 Å². The molecule has 9 heteroatoms. The summed E-state index contributed by atoms with van der Waals surface area (Å²) in [4.78, 5) is 10.6. The molecule has 0 aliphatic heterocycles. The van der Waals surface area contributed by atoms with E-state index in [2.05, 4.69) is 9.82 Å². The van der Waals surface area contributed by atoms with Gasteiger partial charge in [0.25, 0.3) is 15.7 Å². The normalized spacial score (nSPS) is 11.4. The minimum Gasteiger partial charge on any atom is -0.279 e. The van der Waals surface area contributed by atoms with Gasteiger partial charge in [-0.15, -0.1) is 0 Å². The van der Waals surface area contributed by atoms with Gasteiger partial charge >= 0.3 is 0 Å². The van der Waals surface area contributed by atoms with Crippen molar-refractivity contribution in [1.82, 2.24) is 9.78 Å². The number of nitro groups is 1. The average molecular weight is 386 g/mol. The first kappa shape index (κ1) is 18.6. The summed E-state index contributed by atoms with van der Waals surface area (Å²) in [7, 11) is -3.97. The van der Waals surface area contributed by atoms with Crippen LogP contribution in [0.1, 0.15) is 17.0 Å². The van der Waals surface area contributed by atoms with Crippen LogP contribution < -0.4 is 4.72 Å². The van der Waals surface area contributed by atoms with Crippen LogP contribution in [-0.4, -0.2) is 23.1 Å². The topological polar surface area (TPSA) is 107 Å². The zero-order chi connectivity index (χ0) is 19.8. The monoisotopic (exact) mass is 386 g/mol. The predicted octanol–water partition coefficient (Wildman–Crippen LogP) is 3.51. The Morgan fingerprint density at radius 3 is 2.37 bits per heavy atom. The number of nitro benzene ring substituents is 1. The number of nitrogens with zero attached hydrogens (tertiary/aromatic N) is 3. The molecule has 0 unspecified atom stereocenters. The maximum absolute atomic E-state index is 12.9. The van der Waals surface area contributed by atoms with Gasteiger partial charge in [-0.25, -0.2) is 13.1 Å². The molecule has 3 rings (SSSR count). The predicted molar refractivity (Wildman–Crippen MR) is 102 cm³/mol. The molecule has 140 valence electrons. The van der Waals surface area contributed by atoms with Crippen LogP contribution in [0.4, 0.5) is 11.4 Å². The van der Waals surface area contributed by atoms with E-state index in [1.165, 1.54) is 18.2 Å². The Hall–Kier alpha value is -3.20. The van der Waals surface area contributed by atoms with Gasteiger partial charge in [0.15, 0.2) is 0 Å². The molecule has 1 aromatic heterocycles. The molecule has 0 aliphatic carbocycles. The second-order valence-electron chi connectivity index (χ2n) is 6.11. The van der Waals surface area contributed by atoms with E-state index >= 15 is 0 Å². The van der Waals surface area contributed by atoms with Crippen LogP contribution in [0, 0.1) is 30.9 Å². The number of rotatable bonds is 5. The van der Waals surface area contributed by atoms with E-state index < -0.39 is 14.9 Å². The molecule has 0 radical (unpaired) electrons. The molecule has 0 fully saturated rings. The van der Waals surface area contributed by atoms with Crippen LogP contribution in [-0.2, 0) is 10.0 Å². The van der Waals surface area contributed by atoms with E-state index in [1.807, 2.05) is 30.3 Å². The fourth-order valence-corrected chi connectivity index (χ4v) is 4.36. The van der Waals surface area contributed by atoms with Crippen molar-refractivity contribution in [1.29, 1.82) is 0 Å². The molecule has 1 N–H and O–H groups in total. The van der Waals surface area contributed by atoms with Crippen molar-refractivity contribution >= 4 is 21.4 Å². The summed E-state index contributed by atoms with van der Waals surface area (Å²) in [6, 6.07) is 13.4. The second-order valence-corrected chi connectivity index (χ2v) is 7.73. The zero-order valence-electron chi connectivity index (χ0n) is 15.0. The highest BCUT2D eigenvalue weighted by molar-refractivity contribution is 7.92. The zero-order valence-corrected chi connectivity index (χ0v) is 15.8. The molecule has 0 bridgehead atoms. The van der Waals surface area contributed by atoms with Crippen LogP contribution in [0.2, 0.25) is 0 Å². The van der Waals surface area contributed by atoms with E-state index in [4.69, 9.17) is 0 Å². The number of sulfonamides is 1. The SMILES string of the molecule is Cc1ccc(NS(=O)(=O)c2c(C)nn(-c3ccccc3)c2C)cc1[N+](=O)[O-]. The summed E-state index contributed by atoms with van der Waals surface area (Å²) in [5.41, 5.74) is 1.96. The van der Waals surface area contributed by atoms with Gasteiger partial charge in [-0.05, 0) is 39.0 Å². The quantitative estimate of drug-likeness (QED) is 0.533. The van der Waals surface area contributed by atoms with E-state index in [0.29, 0.717) is 17.0 Å². The maximum atomic E-state index is 12.9. The van der Waals surface area contributed by atoms with Crippen LogP contribution in [0.3, 0.4) is 0 Å². The van der Waals surface area contributed by atoms with Gasteiger partial charge in [0.1, 0.15) is 4.90 Å². The Kier molecular flexibility index (Phi) is 4.71. The van der Waals surface area contributed by atoms with Crippen LogP contribution in [0.5, 0.6) is 0 Å². The Morgan fingerprint density at radius 1 is 1.07 bits per heavy atom. The minimum atomic E-state index is -3.97. The third-order valence-electron chi connectivity index (χ3n) is 4.15. The first-order valence-electron chi connectivity index (χ1n) is 8.10. The van der Waals surface area contributed by atoms with Crippen molar-refractivity contribution in [2.24, 2.45) is 0 Å². The molecule has 0 atom stereocenters. The number of aromatic nitrogens is 2. The number of nitrogens with one attached hydrogen (secondary N) is 1. The van der Waals surface area contributed by atoms with Gasteiger partial charge in [-0.1, -0.05) is 24.3 Å². The number of hydrogen-bond acceptors (Lipinski definition) is 5. The highest BCUT2D eigenvalue weighted by Gasteiger charge is 2.26. The van der Waals surface area contributed by atoms with Gasteiger partial charge in [0.05, 0.1) is 27.7 Å². The van der Waals surface area contributed by atoms with Crippen molar-refractivity contribution in [3.8, 4) is 5.69 Å². The second kappa shape index (κ2) is 6.84. The molecule has 0 amide bonds. The van der Waals surface area contributed by atoms with Gasteiger partial charge < -0.3 is 0 Å². The number of anilines is 1. The summed E-state index contributed by atoms with van der Waals surface area (Å²) in [5, 5.41) is 15.4. The molecule has 0 aliphatic rings. The molecule has 0 spiro atoms.